The van der Waals surface area contributed by atoms with Gasteiger partial charge in [0, 0.05) is 15.6 Å². The van der Waals surface area contributed by atoms with Gasteiger partial charge in [-0.3, -0.25) is 0 Å². The Morgan fingerprint density at radius 3 is 2.81 bits per heavy atom. The largest absolute Gasteiger partial charge is 0.465 e. The second-order valence-corrected chi connectivity index (χ2v) is 4.94. The first-order valence-corrected chi connectivity index (χ1v) is 6.24. The van der Waals surface area contributed by atoms with Gasteiger partial charge in [-0.05, 0) is 37.3 Å². The van der Waals surface area contributed by atoms with Crippen LogP contribution in [-0.4, -0.2) is 0 Å². The van der Waals surface area contributed by atoms with Gasteiger partial charge in [-0.1, -0.05) is 11.6 Å². The Morgan fingerprint density at radius 1 is 1.31 bits per heavy atom. The minimum Gasteiger partial charge on any atom is -0.465 e. The summed E-state index contributed by atoms with van der Waals surface area (Å²) in [4.78, 5) is 0.988. The number of nitrogens with two attached hydrogens (primary N) is 1. The first-order chi connectivity index (χ1) is 7.65. The maximum atomic E-state index is 5.91. The molecule has 2 N–H and O–H groups in total. The highest BCUT2D eigenvalue weighted by Crippen LogP contribution is 2.30. The summed E-state index contributed by atoms with van der Waals surface area (Å²) in [5.41, 5.74) is 6.60. The molecule has 1 aromatic carbocycles. The van der Waals surface area contributed by atoms with Crippen LogP contribution in [0.5, 0.6) is 0 Å². The quantitative estimate of drug-likeness (QED) is 0.661. The van der Waals surface area contributed by atoms with Crippen LogP contribution in [0.1, 0.15) is 11.5 Å². The normalized spacial score (nSPS) is 10.6. The Hall–Kier alpha value is -1.06. The van der Waals surface area contributed by atoms with Crippen LogP contribution in [0.15, 0.2) is 39.6 Å². The van der Waals surface area contributed by atoms with Gasteiger partial charge < -0.3 is 10.2 Å². The Kier molecular flexibility index (Phi) is 3.46. The second kappa shape index (κ2) is 4.85. The summed E-state index contributed by atoms with van der Waals surface area (Å²) in [6.07, 6.45) is 0. The zero-order valence-electron chi connectivity index (χ0n) is 8.87. The summed E-state index contributed by atoms with van der Waals surface area (Å²) in [7, 11) is 0. The highest BCUT2D eigenvalue weighted by molar-refractivity contribution is 7.98. The third-order valence-electron chi connectivity index (χ3n) is 2.14. The molecule has 2 nitrogen and oxygen atoms in total. The molecule has 84 valence electrons. The number of halogens is 1. The van der Waals surface area contributed by atoms with Gasteiger partial charge in [-0.25, -0.2) is 0 Å². The van der Waals surface area contributed by atoms with E-state index in [1.165, 1.54) is 0 Å². The SMILES string of the molecule is Cc1ccc(CSc2cc(Cl)ccc2N)o1. The summed E-state index contributed by atoms with van der Waals surface area (Å²) >= 11 is 7.53. The number of thioether (sulfide) groups is 1. The van der Waals surface area contributed by atoms with Gasteiger partial charge in [0.1, 0.15) is 11.5 Å². The molecule has 1 heterocycles. The molecule has 0 amide bonds. The molecular formula is C12H12ClNOS. The van der Waals surface area contributed by atoms with E-state index in [4.69, 9.17) is 21.8 Å². The lowest BCUT2D eigenvalue weighted by Crippen LogP contribution is -1.88. The summed E-state index contributed by atoms with van der Waals surface area (Å²) < 4.78 is 5.48. The minimum atomic E-state index is 0.701. The molecule has 0 aliphatic carbocycles. The van der Waals surface area contributed by atoms with Crippen molar-refractivity contribution in [2.45, 2.75) is 17.6 Å². The predicted molar refractivity (Wildman–Crippen MR) is 68.9 cm³/mol. The van der Waals surface area contributed by atoms with Gasteiger partial charge >= 0.3 is 0 Å². The van der Waals surface area contributed by atoms with Crippen LogP contribution >= 0.6 is 23.4 Å². The predicted octanol–water partition coefficient (Wildman–Crippen LogP) is 4.12. The van der Waals surface area contributed by atoms with Crippen molar-refractivity contribution < 1.29 is 4.42 Å². The number of furan rings is 1. The summed E-state index contributed by atoms with van der Waals surface area (Å²) in [5.74, 6) is 2.63. The molecule has 2 aromatic rings. The van der Waals surface area contributed by atoms with Gasteiger partial charge in [0.05, 0.1) is 5.75 Å². The number of rotatable bonds is 3. The van der Waals surface area contributed by atoms with Crippen molar-refractivity contribution in [2.24, 2.45) is 0 Å². The van der Waals surface area contributed by atoms with Gasteiger partial charge in [0.15, 0.2) is 0 Å². The highest BCUT2D eigenvalue weighted by Gasteiger charge is 2.04. The van der Waals surface area contributed by atoms with Gasteiger partial charge in [0.25, 0.3) is 0 Å². The van der Waals surface area contributed by atoms with Crippen molar-refractivity contribution >= 4 is 29.1 Å². The lowest BCUT2D eigenvalue weighted by Gasteiger charge is -2.04. The smallest absolute Gasteiger partial charge is 0.114 e. The Balaban J connectivity index is 2.07. The molecule has 0 atom stereocenters. The molecule has 0 unspecified atom stereocenters. The zero-order valence-corrected chi connectivity index (χ0v) is 10.4. The Bertz CT molecular complexity index is 496. The maximum Gasteiger partial charge on any atom is 0.114 e. The molecule has 0 fully saturated rings. The number of hydrogen-bond acceptors (Lipinski definition) is 3. The summed E-state index contributed by atoms with van der Waals surface area (Å²) in [6.45, 7) is 1.93. The lowest BCUT2D eigenvalue weighted by molar-refractivity contribution is 0.501. The van der Waals surface area contributed by atoms with Crippen molar-refractivity contribution in [3.63, 3.8) is 0 Å². The van der Waals surface area contributed by atoms with E-state index in [0.717, 1.165) is 27.9 Å². The van der Waals surface area contributed by atoms with Crippen molar-refractivity contribution in [1.82, 2.24) is 0 Å². The number of anilines is 1. The molecule has 1 aromatic heterocycles. The van der Waals surface area contributed by atoms with E-state index in [1.807, 2.05) is 31.2 Å². The first-order valence-electron chi connectivity index (χ1n) is 4.88. The van der Waals surface area contributed by atoms with Crippen molar-refractivity contribution in [2.75, 3.05) is 5.73 Å². The molecule has 0 aliphatic heterocycles. The van der Waals surface area contributed by atoms with E-state index in [-0.39, 0.29) is 0 Å². The van der Waals surface area contributed by atoms with Crippen LogP contribution in [0.3, 0.4) is 0 Å². The fourth-order valence-corrected chi connectivity index (χ4v) is 2.48. The van der Waals surface area contributed by atoms with E-state index >= 15 is 0 Å². The highest BCUT2D eigenvalue weighted by atomic mass is 35.5. The molecule has 0 saturated carbocycles. The average molecular weight is 254 g/mol. The van der Waals surface area contributed by atoms with Crippen molar-refractivity contribution in [3.05, 3.63) is 46.9 Å². The number of aryl methyl sites for hydroxylation is 1. The molecule has 0 aliphatic rings. The van der Waals surface area contributed by atoms with Crippen LogP contribution in [0.2, 0.25) is 5.02 Å². The molecule has 0 saturated heterocycles. The molecule has 4 heteroatoms. The molecule has 2 rings (SSSR count). The van der Waals surface area contributed by atoms with Crippen molar-refractivity contribution in [3.8, 4) is 0 Å². The van der Waals surface area contributed by atoms with Crippen LogP contribution in [0, 0.1) is 6.92 Å². The monoisotopic (exact) mass is 253 g/mol. The fourth-order valence-electron chi connectivity index (χ4n) is 1.34. The Morgan fingerprint density at radius 2 is 2.12 bits per heavy atom. The van der Waals surface area contributed by atoms with Crippen LogP contribution in [0.4, 0.5) is 5.69 Å². The van der Waals surface area contributed by atoms with Gasteiger partial charge in [-0.15, -0.1) is 11.8 Å². The molecule has 0 spiro atoms. The van der Waals surface area contributed by atoms with E-state index in [1.54, 1.807) is 17.8 Å². The van der Waals surface area contributed by atoms with Crippen LogP contribution in [0.25, 0.3) is 0 Å². The summed E-state index contributed by atoms with van der Waals surface area (Å²) in [6, 6.07) is 9.41. The number of hydrogen-bond donors (Lipinski definition) is 1. The number of benzene rings is 1. The summed E-state index contributed by atoms with van der Waals surface area (Å²) in [5, 5.41) is 0.701. The van der Waals surface area contributed by atoms with Gasteiger partial charge in [-0.2, -0.15) is 0 Å². The van der Waals surface area contributed by atoms with E-state index < -0.39 is 0 Å². The minimum absolute atomic E-state index is 0.701. The van der Waals surface area contributed by atoms with Gasteiger partial charge in [0.2, 0.25) is 0 Å². The van der Waals surface area contributed by atoms with Crippen molar-refractivity contribution in [1.29, 1.82) is 0 Å². The van der Waals surface area contributed by atoms with E-state index in [0.29, 0.717) is 5.02 Å². The average Bonchev–Trinajstić information content (AvgIpc) is 2.66. The van der Waals surface area contributed by atoms with E-state index in [9.17, 15) is 0 Å². The third-order valence-corrected chi connectivity index (χ3v) is 3.47. The topological polar surface area (TPSA) is 39.2 Å². The second-order valence-electron chi connectivity index (χ2n) is 3.48. The molecule has 16 heavy (non-hydrogen) atoms. The standard InChI is InChI=1S/C12H12ClNOS/c1-8-2-4-10(15-8)7-16-12-6-9(13)3-5-11(12)14/h2-6H,7,14H2,1H3. The molecule has 0 bridgehead atoms. The number of nitrogen functional groups attached to an aromatic ring is 1. The first kappa shape index (κ1) is 11.4. The van der Waals surface area contributed by atoms with Crippen LogP contribution in [-0.2, 0) is 5.75 Å². The molecule has 0 radical (unpaired) electrons. The fraction of sp³-hybridized carbons (Fsp3) is 0.167. The molecular weight excluding hydrogens is 242 g/mol. The Labute approximate surface area is 104 Å². The maximum absolute atomic E-state index is 5.91. The van der Waals surface area contributed by atoms with Crippen LogP contribution < -0.4 is 5.73 Å². The zero-order chi connectivity index (χ0) is 11.5. The third kappa shape index (κ3) is 2.74. The lowest BCUT2D eigenvalue weighted by atomic mass is 10.3. The van der Waals surface area contributed by atoms with E-state index in [2.05, 4.69) is 0 Å².